The number of hydrogen-bond donors (Lipinski definition) is 3. The highest BCUT2D eigenvalue weighted by Gasteiger charge is 2.28. The van der Waals surface area contributed by atoms with E-state index in [1.807, 2.05) is 6.92 Å². The lowest BCUT2D eigenvalue weighted by Crippen LogP contribution is -2.38. The van der Waals surface area contributed by atoms with E-state index in [4.69, 9.17) is 10.8 Å². The second-order valence-electron chi connectivity index (χ2n) is 5.06. The molecule has 106 valence electrons. The van der Waals surface area contributed by atoms with Crippen molar-refractivity contribution in [2.75, 3.05) is 12.3 Å². The molecule has 0 radical (unpaired) electrons. The summed E-state index contributed by atoms with van der Waals surface area (Å²) in [5.41, 5.74) is 7.26. The molecule has 1 aliphatic carbocycles. The van der Waals surface area contributed by atoms with E-state index >= 15 is 0 Å². The predicted octanol–water partition coefficient (Wildman–Crippen LogP) is 0.880. The van der Waals surface area contributed by atoms with Crippen molar-refractivity contribution in [3.8, 4) is 0 Å². The normalized spacial score (nSPS) is 23.1. The fourth-order valence-electron chi connectivity index (χ4n) is 2.24. The number of aryl methyl sites for hydroxylation is 1. The van der Waals surface area contributed by atoms with Gasteiger partial charge in [-0.15, -0.1) is 0 Å². The molecule has 0 atom stereocenters. The predicted molar refractivity (Wildman–Crippen MR) is 74.2 cm³/mol. The van der Waals surface area contributed by atoms with Crippen LogP contribution in [0.1, 0.15) is 25.3 Å². The number of nitrogens with two attached hydrogens (primary N) is 1. The molecule has 0 amide bonds. The van der Waals surface area contributed by atoms with E-state index in [9.17, 15) is 8.42 Å². The Morgan fingerprint density at radius 3 is 2.63 bits per heavy atom. The third-order valence-electron chi connectivity index (χ3n) is 3.58. The van der Waals surface area contributed by atoms with Gasteiger partial charge in [0, 0.05) is 12.2 Å². The molecule has 0 unspecified atom stereocenters. The van der Waals surface area contributed by atoms with Crippen molar-refractivity contribution < 1.29 is 13.5 Å². The Balaban J connectivity index is 2.04. The number of aliphatic hydroxyl groups is 1. The fourth-order valence-corrected chi connectivity index (χ4v) is 3.39. The fraction of sp³-hybridized carbons (Fsp3) is 0.538. The number of anilines is 1. The molecule has 5 nitrogen and oxygen atoms in total. The highest BCUT2D eigenvalue weighted by molar-refractivity contribution is 7.89. The van der Waals surface area contributed by atoms with E-state index in [2.05, 4.69) is 4.72 Å². The minimum absolute atomic E-state index is 0.196. The summed E-state index contributed by atoms with van der Waals surface area (Å²) < 4.78 is 26.7. The van der Waals surface area contributed by atoms with Crippen LogP contribution in [0.25, 0.3) is 0 Å². The zero-order valence-electron chi connectivity index (χ0n) is 11.0. The molecule has 1 fully saturated rings. The largest absolute Gasteiger partial charge is 0.398 e. The zero-order valence-corrected chi connectivity index (χ0v) is 11.8. The first-order chi connectivity index (χ1) is 8.92. The molecule has 2 rings (SSSR count). The molecule has 1 aromatic rings. The Kier molecular flexibility index (Phi) is 4.13. The highest BCUT2D eigenvalue weighted by atomic mass is 32.2. The summed E-state index contributed by atoms with van der Waals surface area (Å²) in [5, 5.41) is 9.17. The molecule has 0 heterocycles. The zero-order chi connectivity index (χ0) is 14.0. The van der Waals surface area contributed by atoms with Gasteiger partial charge in [-0.2, -0.15) is 0 Å². The Morgan fingerprint density at radius 1 is 1.42 bits per heavy atom. The summed E-state index contributed by atoms with van der Waals surface area (Å²) in [5.74, 6) is 0.233. The van der Waals surface area contributed by atoms with Gasteiger partial charge >= 0.3 is 0 Å². The number of sulfonamides is 1. The van der Waals surface area contributed by atoms with Crippen molar-refractivity contribution in [1.29, 1.82) is 0 Å². The van der Waals surface area contributed by atoms with Crippen molar-refractivity contribution in [3.05, 3.63) is 23.8 Å². The van der Waals surface area contributed by atoms with E-state index in [1.54, 1.807) is 12.1 Å². The lowest BCUT2D eigenvalue weighted by atomic mass is 9.83. The Hall–Kier alpha value is -1.11. The van der Waals surface area contributed by atoms with Gasteiger partial charge in [-0.1, -0.05) is 13.0 Å². The van der Waals surface area contributed by atoms with E-state index in [1.165, 1.54) is 6.07 Å². The van der Waals surface area contributed by atoms with Crippen molar-refractivity contribution >= 4 is 15.7 Å². The molecular weight excluding hydrogens is 264 g/mol. The molecule has 0 aromatic heterocycles. The number of rotatable bonds is 5. The minimum Gasteiger partial charge on any atom is -0.398 e. The second-order valence-corrected chi connectivity index (χ2v) is 6.82. The molecule has 0 bridgehead atoms. The lowest BCUT2D eigenvalue weighted by Gasteiger charge is -2.31. The topological polar surface area (TPSA) is 92.4 Å². The monoisotopic (exact) mass is 284 g/mol. The first kappa shape index (κ1) is 14.3. The average Bonchev–Trinajstić information content (AvgIpc) is 2.33. The first-order valence-corrected chi connectivity index (χ1v) is 7.97. The van der Waals surface area contributed by atoms with E-state index in [0.29, 0.717) is 25.1 Å². The lowest BCUT2D eigenvalue weighted by molar-refractivity contribution is 0.0453. The molecule has 0 saturated heterocycles. The maximum atomic E-state index is 12.1. The van der Waals surface area contributed by atoms with Crippen LogP contribution in [0.15, 0.2) is 23.1 Å². The Bertz CT molecular complexity index is 551. The minimum atomic E-state index is -3.51. The Labute approximate surface area is 113 Å². The maximum Gasteiger partial charge on any atom is 0.240 e. The van der Waals surface area contributed by atoms with Crippen molar-refractivity contribution in [3.63, 3.8) is 0 Å². The number of aliphatic hydroxyl groups excluding tert-OH is 1. The van der Waals surface area contributed by atoms with Crippen LogP contribution in [0, 0.1) is 5.92 Å². The van der Waals surface area contributed by atoms with Crippen LogP contribution in [0.2, 0.25) is 0 Å². The quantitative estimate of drug-likeness (QED) is 0.700. The van der Waals surface area contributed by atoms with E-state index < -0.39 is 10.0 Å². The van der Waals surface area contributed by atoms with Crippen LogP contribution < -0.4 is 10.5 Å². The van der Waals surface area contributed by atoms with Crippen LogP contribution in [-0.4, -0.2) is 26.2 Å². The SMILES string of the molecule is CCc1ccc(S(=O)(=O)NCC2CC(O)C2)cc1N. The summed E-state index contributed by atoms with van der Waals surface area (Å²) in [6, 6.07) is 4.82. The van der Waals surface area contributed by atoms with Crippen molar-refractivity contribution in [1.82, 2.24) is 4.72 Å². The summed E-state index contributed by atoms with van der Waals surface area (Å²) in [4.78, 5) is 0.196. The molecule has 0 aliphatic heterocycles. The van der Waals surface area contributed by atoms with Gasteiger partial charge in [0.1, 0.15) is 0 Å². The molecule has 1 aliphatic rings. The number of nitrogen functional groups attached to an aromatic ring is 1. The standard InChI is InChI=1S/C13H20N2O3S/c1-2-10-3-4-12(7-13(10)14)19(17,18)15-8-9-5-11(16)6-9/h3-4,7,9,11,15-16H,2,5-6,8,14H2,1H3. The van der Waals surface area contributed by atoms with Gasteiger partial charge in [-0.05, 0) is 42.9 Å². The molecule has 6 heteroatoms. The maximum absolute atomic E-state index is 12.1. The van der Waals surface area contributed by atoms with Gasteiger partial charge in [0.25, 0.3) is 0 Å². The highest BCUT2D eigenvalue weighted by Crippen LogP contribution is 2.27. The van der Waals surface area contributed by atoms with Gasteiger partial charge in [0.15, 0.2) is 0 Å². The number of hydrogen-bond acceptors (Lipinski definition) is 4. The van der Waals surface area contributed by atoms with Crippen molar-refractivity contribution in [2.24, 2.45) is 5.92 Å². The summed E-state index contributed by atoms with van der Waals surface area (Å²) in [6.07, 6.45) is 1.84. The third kappa shape index (κ3) is 3.26. The van der Waals surface area contributed by atoms with Gasteiger partial charge in [0.05, 0.1) is 11.0 Å². The average molecular weight is 284 g/mol. The van der Waals surface area contributed by atoms with Gasteiger partial charge < -0.3 is 10.8 Å². The van der Waals surface area contributed by atoms with Crippen LogP contribution in [0.3, 0.4) is 0 Å². The molecule has 1 saturated carbocycles. The summed E-state index contributed by atoms with van der Waals surface area (Å²) >= 11 is 0. The van der Waals surface area contributed by atoms with Crippen LogP contribution >= 0.6 is 0 Å². The first-order valence-electron chi connectivity index (χ1n) is 6.48. The van der Waals surface area contributed by atoms with Crippen LogP contribution in [0.4, 0.5) is 5.69 Å². The molecule has 19 heavy (non-hydrogen) atoms. The third-order valence-corrected chi connectivity index (χ3v) is 5.00. The molecule has 0 spiro atoms. The van der Waals surface area contributed by atoms with Crippen LogP contribution in [-0.2, 0) is 16.4 Å². The van der Waals surface area contributed by atoms with Gasteiger partial charge in [-0.25, -0.2) is 13.1 Å². The molecule has 4 N–H and O–H groups in total. The smallest absolute Gasteiger partial charge is 0.240 e. The number of nitrogens with one attached hydrogen (secondary N) is 1. The molecule has 1 aromatic carbocycles. The van der Waals surface area contributed by atoms with Crippen LogP contribution in [0.5, 0.6) is 0 Å². The number of benzene rings is 1. The second kappa shape index (κ2) is 5.48. The van der Waals surface area contributed by atoms with Gasteiger partial charge in [0.2, 0.25) is 10.0 Å². The Morgan fingerprint density at radius 2 is 2.11 bits per heavy atom. The van der Waals surface area contributed by atoms with Crippen molar-refractivity contribution in [2.45, 2.75) is 37.2 Å². The molecular formula is C13H20N2O3S. The van der Waals surface area contributed by atoms with Gasteiger partial charge in [-0.3, -0.25) is 0 Å². The van der Waals surface area contributed by atoms with E-state index in [0.717, 1.165) is 12.0 Å². The summed E-state index contributed by atoms with van der Waals surface area (Å²) in [7, 11) is -3.51. The van der Waals surface area contributed by atoms with E-state index in [-0.39, 0.29) is 16.9 Å². The summed E-state index contributed by atoms with van der Waals surface area (Å²) in [6.45, 7) is 2.34.